The minimum absolute atomic E-state index is 0.106. The molecule has 1 heterocycles. The molecule has 0 radical (unpaired) electrons. The number of carbonyl (C=O) groups excluding carboxylic acids is 1. The smallest absolute Gasteiger partial charge is 0.171 e. The van der Waals surface area contributed by atoms with Gasteiger partial charge in [0.05, 0.1) is 17.6 Å². The van der Waals surface area contributed by atoms with Gasteiger partial charge < -0.3 is 14.9 Å². The molecule has 6 nitrogen and oxygen atoms in total. The van der Waals surface area contributed by atoms with Gasteiger partial charge in [-0.2, -0.15) is 5.48 Å². The number of aliphatic hydroxyl groups excluding tert-OH is 1. The lowest BCUT2D eigenvalue weighted by atomic mass is 10.1. The average Bonchev–Trinajstić information content (AvgIpc) is 3.11. The molecule has 6 heteroatoms. The van der Waals surface area contributed by atoms with Gasteiger partial charge in [0, 0.05) is 19.6 Å². The first kappa shape index (κ1) is 21.9. The van der Waals surface area contributed by atoms with Gasteiger partial charge in [-0.15, -0.1) is 0 Å². The highest BCUT2D eigenvalue weighted by molar-refractivity contribution is 5.95. The maximum atomic E-state index is 11.6. The second-order valence-electron chi connectivity index (χ2n) is 7.33. The van der Waals surface area contributed by atoms with E-state index < -0.39 is 0 Å². The van der Waals surface area contributed by atoms with E-state index in [0.717, 1.165) is 61.1 Å². The zero-order valence-electron chi connectivity index (χ0n) is 17.1. The fourth-order valence-electron chi connectivity index (χ4n) is 3.53. The minimum atomic E-state index is -0.199. The molecule has 0 spiro atoms. The summed E-state index contributed by atoms with van der Waals surface area (Å²) in [5, 5.41) is 17.7. The van der Waals surface area contributed by atoms with Crippen LogP contribution in [0.4, 0.5) is 0 Å². The van der Waals surface area contributed by atoms with Crippen LogP contribution in [0.3, 0.4) is 0 Å². The Morgan fingerprint density at radius 2 is 1.90 bits per heavy atom. The molecule has 0 aliphatic heterocycles. The number of hydrogen-bond donors (Lipinski definition) is 3. The lowest BCUT2D eigenvalue weighted by molar-refractivity contribution is -0.115. The largest absolute Gasteiger partial charge is 0.396 e. The van der Waals surface area contributed by atoms with Crippen LogP contribution in [0.5, 0.6) is 0 Å². The summed E-state index contributed by atoms with van der Waals surface area (Å²) in [4.78, 5) is 16.5. The van der Waals surface area contributed by atoms with Gasteiger partial charge >= 0.3 is 0 Å². The zero-order valence-corrected chi connectivity index (χ0v) is 17.1. The van der Waals surface area contributed by atoms with Crippen molar-refractivity contribution in [1.29, 1.82) is 0 Å². The van der Waals surface area contributed by atoms with Crippen molar-refractivity contribution >= 4 is 22.9 Å². The molecule has 0 aliphatic carbocycles. The third-order valence-electron chi connectivity index (χ3n) is 5.09. The van der Waals surface area contributed by atoms with E-state index in [1.807, 2.05) is 23.7 Å². The third-order valence-corrected chi connectivity index (χ3v) is 5.09. The molecule has 3 N–H and O–H groups in total. The summed E-state index contributed by atoms with van der Waals surface area (Å²) in [6, 6.07) is 16.4. The Kier molecular flexibility index (Phi) is 8.32. The number of hydrogen-bond acceptors (Lipinski definition) is 5. The fraction of sp³-hybridized carbons (Fsp3) is 0.333. The molecule has 0 unspecified atom stereocenters. The Hall–Kier alpha value is -2.80. The summed E-state index contributed by atoms with van der Waals surface area (Å²) in [5.74, 6) is 0.857. The number of nitrogens with one attached hydrogen (secondary N) is 1. The predicted molar refractivity (Wildman–Crippen MR) is 118 cm³/mol. The van der Waals surface area contributed by atoms with Crippen LogP contribution in [0.1, 0.15) is 36.2 Å². The van der Waals surface area contributed by atoms with Crippen molar-refractivity contribution in [2.24, 2.45) is 0 Å². The van der Waals surface area contributed by atoms with E-state index in [9.17, 15) is 4.79 Å². The lowest BCUT2D eigenvalue weighted by Crippen LogP contribution is -2.16. The summed E-state index contributed by atoms with van der Waals surface area (Å²) >= 11 is 0. The molecule has 0 amide bonds. The molecule has 0 saturated heterocycles. The van der Waals surface area contributed by atoms with Gasteiger partial charge in [-0.25, -0.2) is 4.98 Å². The van der Waals surface area contributed by atoms with Crippen molar-refractivity contribution in [3.05, 3.63) is 71.6 Å². The summed E-state index contributed by atoms with van der Waals surface area (Å²) in [6.45, 7) is 0.993. The van der Waals surface area contributed by atoms with Gasteiger partial charge in [-0.3, -0.25) is 4.79 Å². The molecular weight excluding hydrogens is 378 g/mol. The minimum Gasteiger partial charge on any atom is -0.396 e. The summed E-state index contributed by atoms with van der Waals surface area (Å²) in [5.41, 5.74) is 6.05. The van der Waals surface area contributed by atoms with Crippen LogP contribution >= 0.6 is 0 Å². The SMILES string of the molecule is O=C(/C=C/c1ccc2c(c1)nc(CCc1ccccc1)n2CCCCCO)CNO. The molecule has 3 rings (SSSR count). The monoisotopic (exact) mass is 407 g/mol. The molecule has 3 aromatic rings. The average molecular weight is 408 g/mol. The first-order valence-electron chi connectivity index (χ1n) is 10.4. The van der Waals surface area contributed by atoms with Crippen LogP contribution in [0, 0.1) is 0 Å². The Morgan fingerprint density at radius 3 is 2.67 bits per heavy atom. The molecule has 1 aromatic heterocycles. The van der Waals surface area contributed by atoms with E-state index in [2.05, 4.69) is 34.9 Å². The molecule has 2 aromatic carbocycles. The van der Waals surface area contributed by atoms with Gasteiger partial charge in [0.25, 0.3) is 0 Å². The Bertz CT molecular complexity index is 980. The van der Waals surface area contributed by atoms with Crippen molar-refractivity contribution in [3.63, 3.8) is 0 Å². The van der Waals surface area contributed by atoms with Gasteiger partial charge in [0.15, 0.2) is 5.78 Å². The third kappa shape index (κ3) is 6.10. The van der Waals surface area contributed by atoms with Crippen molar-refractivity contribution in [1.82, 2.24) is 15.0 Å². The van der Waals surface area contributed by atoms with Crippen LogP contribution in [0.2, 0.25) is 0 Å². The van der Waals surface area contributed by atoms with E-state index in [-0.39, 0.29) is 18.9 Å². The Morgan fingerprint density at radius 1 is 1.07 bits per heavy atom. The number of carbonyl (C=O) groups is 1. The lowest BCUT2D eigenvalue weighted by Gasteiger charge is -2.09. The number of rotatable bonds is 12. The van der Waals surface area contributed by atoms with Crippen molar-refractivity contribution in [2.45, 2.75) is 38.6 Å². The first-order chi connectivity index (χ1) is 14.7. The maximum absolute atomic E-state index is 11.6. The normalized spacial score (nSPS) is 11.5. The predicted octanol–water partition coefficient (Wildman–Crippen LogP) is 3.55. The maximum Gasteiger partial charge on any atom is 0.171 e. The van der Waals surface area contributed by atoms with Crippen molar-refractivity contribution in [2.75, 3.05) is 13.2 Å². The van der Waals surface area contributed by atoms with Crippen LogP contribution in [-0.2, 0) is 24.2 Å². The molecule has 0 atom stereocenters. The fourth-order valence-corrected chi connectivity index (χ4v) is 3.53. The van der Waals surface area contributed by atoms with E-state index in [1.165, 1.54) is 11.6 Å². The first-order valence-corrected chi connectivity index (χ1v) is 10.4. The highest BCUT2D eigenvalue weighted by Crippen LogP contribution is 2.21. The number of fused-ring (bicyclic) bond motifs is 1. The standard InChI is InChI=1S/C24H29N3O3/c28-16-6-2-5-15-27-23-13-10-20(9-12-21(29)18-25-30)17-22(23)26-24(27)14-11-19-7-3-1-4-8-19/h1,3-4,7-10,12-13,17,25,28,30H,2,5-6,11,14-16,18H2/b12-9+. The van der Waals surface area contributed by atoms with E-state index in [0.29, 0.717) is 0 Å². The second kappa shape index (κ2) is 11.4. The number of ketones is 1. The van der Waals surface area contributed by atoms with E-state index >= 15 is 0 Å². The summed E-state index contributed by atoms with van der Waals surface area (Å²) < 4.78 is 2.28. The van der Waals surface area contributed by atoms with Gasteiger partial charge in [0.1, 0.15) is 5.82 Å². The quantitative estimate of drug-likeness (QED) is 0.243. The molecule has 158 valence electrons. The van der Waals surface area contributed by atoms with Crippen molar-refractivity contribution < 1.29 is 15.1 Å². The van der Waals surface area contributed by atoms with Crippen LogP contribution in [-0.4, -0.2) is 38.8 Å². The highest BCUT2D eigenvalue weighted by atomic mass is 16.5. The van der Waals surface area contributed by atoms with Gasteiger partial charge in [-0.05, 0) is 55.0 Å². The number of aliphatic hydroxyl groups is 1. The van der Waals surface area contributed by atoms with Crippen LogP contribution in [0.15, 0.2) is 54.6 Å². The highest BCUT2D eigenvalue weighted by Gasteiger charge is 2.11. The topological polar surface area (TPSA) is 87.4 Å². The Labute approximate surface area is 176 Å². The number of aromatic nitrogens is 2. The molecule has 0 fully saturated rings. The summed E-state index contributed by atoms with van der Waals surface area (Å²) in [7, 11) is 0. The zero-order chi connectivity index (χ0) is 21.2. The molecular formula is C24H29N3O3. The Balaban J connectivity index is 1.82. The molecule has 0 saturated carbocycles. The van der Waals surface area contributed by atoms with Gasteiger partial charge in [-0.1, -0.05) is 42.5 Å². The number of imidazole rings is 1. The van der Waals surface area contributed by atoms with E-state index in [4.69, 9.17) is 15.3 Å². The van der Waals surface area contributed by atoms with E-state index in [1.54, 1.807) is 6.08 Å². The van der Waals surface area contributed by atoms with Crippen LogP contribution < -0.4 is 5.48 Å². The number of aryl methyl sites for hydroxylation is 3. The summed E-state index contributed by atoms with van der Waals surface area (Å²) in [6.07, 6.45) is 7.76. The molecule has 0 aliphatic rings. The number of nitrogens with zero attached hydrogens (tertiary/aromatic N) is 2. The number of hydroxylamine groups is 1. The molecule has 30 heavy (non-hydrogen) atoms. The van der Waals surface area contributed by atoms with Gasteiger partial charge in [0.2, 0.25) is 0 Å². The van der Waals surface area contributed by atoms with Crippen LogP contribution in [0.25, 0.3) is 17.1 Å². The number of unbranched alkanes of at least 4 members (excludes halogenated alkanes) is 2. The second-order valence-corrected chi connectivity index (χ2v) is 7.33. The molecule has 0 bridgehead atoms. The van der Waals surface area contributed by atoms with Crippen molar-refractivity contribution in [3.8, 4) is 0 Å². The number of benzene rings is 2.